The molecule has 0 aliphatic carbocycles. The summed E-state index contributed by atoms with van der Waals surface area (Å²) in [6, 6.07) is 17.8. The first-order valence-electron chi connectivity index (χ1n) is 9.24. The Labute approximate surface area is 160 Å². The first-order chi connectivity index (χ1) is 13.2. The molecule has 1 saturated heterocycles. The van der Waals surface area contributed by atoms with Gasteiger partial charge in [-0.1, -0.05) is 48.5 Å². The molecule has 1 unspecified atom stereocenters. The zero-order valence-electron chi connectivity index (χ0n) is 15.7. The molecule has 0 saturated carbocycles. The van der Waals surface area contributed by atoms with E-state index in [4.69, 9.17) is 9.47 Å². The lowest BCUT2D eigenvalue weighted by Gasteiger charge is -2.33. The smallest absolute Gasteiger partial charge is 0.319 e. The van der Waals surface area contributed by atoms with Gasteiger partial charge in [0.1, 0.15) is 0 Å². The lowest BCUT2D eigenvalue weighted by Crippen LogP contribution is -2.47. The van der Waals surface area contributed by atoms with Gasteiger partial charge in [-0.05, 0) is 11.6 Å². The van der Waals surface area contributed by atoms with Crippen molar-refractivity contribution < 1.29 is 14.3 Å². The number of benzene rings is 2. The van der Waals surface area contributed by atoms with Crippen molar-refractivity contribution in [1.29, 1.82) is 0 Å². The van der Waals surface area contributed by atoms with E-state index in [-0.39, 0.29) is 12.1 Å². The number of amides is 2. The molecule has 0 bridgehead atoms. The minimum Gasteiger partial charge on any atom is -0.380 e. The molecule has 0 radical (unpaired) electrons. The Hall–Kier alpha value is -2.41. The van der Waals surface area contributed by atoms with Crippen LogP contribution < -0.4 is 10.6 Å². The molecule has 0 spiro atoms. The number of hydrogen-bond acceptors (Lipinski definition) is 4. The summed E-state index contributed by atoms with van der Waals surface area (Å²) in [5.74, 6) is 0. The Kier molecular flexibility index (Phi) is 7.21. The number of para-hydroxylation sites is 1. The van der Waals surface area contributed by atoms with E-state index in [1.54, 1.807) is 7.11 Å². The van der Waals surface area contributed by atoms with Crippen LogP contribution in [0.4, 0.5) is 10.5 Å². The molecule has 6 heteroatoms. The molecule has 1 aliphatic heterocycles. The molecule has 0 aromatic heterocycles. The van der Waals surface area contributed by atoms with Crippen molar-refractivity contribution in [3.05, 3.63) is 65.7 Å². The topological polar surface area (TPSA) is 62.8 Å². The fourth-order valence-electron chi connectivity index (χ4n) is 3.19. The van der Waals surface area contributed by atoms with Gasteiger partial charge in [0.25, 0.3) is 0 Å². The number of carbonyl (C=O) groups is 1. The van der Waals surface area contributed by atoms with Crippen molar-refractivity contribution >= 4 is 11.7 Å². The van der Waals surface area contributed by atoms with Crippen LogP contribution in [0.1, 0.15) is 11.1 Å². The standard InChI is InChI=1S/C21H27N3O3/c1-26-16-18-9-5-6-10-20(18)23-21(25)22-13-19-15-24(11-12-27-19)14-17-7-3-2-4-8-17/h2-10,19H,11-16H2,1H3,(H2,22,23,25). The van der Waals surface area contributed by atoms with Gasteiger partial charge >= 0.3 is 6.03 Å². The monoisotopic (exact) mass is 369 g/mol. The number of nitrogens with one attached hydrogen (secondary N) is 2. The number of hydrogen-bond donors (Lipinski definition) is 2. The van der Waals surface area contributed by atoms with E-state index in [1.807, 2.05) is 30.3 Å². The van der Waals surface area contributed by atoms with Crippen molar-refractivity contribution in [2.24, 2.45) is 0 Å². The van der Waals surface area contributed by atoms with E-state index in [9.17, 15) is 4.79 Å². The summed E-state index contributed by atoms with van der Waals surface area (Å²) in [4.78, 5) is 14.6. The second-order valence-electron chi connectivity index (χ2n) is 6.64. The fourth-order valence-corrected chi connectivity index (χ4v) is 3.19. The van der Waals surface area contributed by atoms with E-state index in [0.717, 1.165) is 30.9 Å². The third kappa shape index (κ3) is 6.06. The average molecular weight is 369 g/mol. The number of carbonyl (C=O) groups excluding carboxylic acids is 1. The number of methoxy groups -OCH3 is 1. The molecule has 2 amide bonds. The van der Waals surface area contributed by atoms with Crippen molar-refractivity contribution in [2.75, 3.05) is 38.7 Å². The largest absolute Gasteiger partial charge is 0.380 e. The summed E-state index contributed by atoms with van der Waals surface area (Å²) in [6.45, 7) is 4.21. The molecule has 6 nitrogen and oxygen atoms in total. The SMILES string of the molecule is COCc1ccccc1NC(=O)NCC1CN(Cc2ccccc2)CCO1. The molecule has 27 heavy (non-hydrogen) atoms. The molecule has 2 aromatic carbocycles. The summed E-state index contributed by atoms with van der Waals surface area (Å²) in [6.07, 6.45) is -0.0116. The maximum atomic E-state index is 12.3. The molecule has 144 valence electrons. The van der Waals surface area contributed by atoms with E-state index in [2.05, 4.69) is 39.8 Å². The Morgan fingerprint density at radius 2 is 1.96 bits per heavy atom. The Bertz CT molecular complexity index is 724. The van der Waals surface area contributed by atoms with Crippen LogP contribution in [-0.2, 0) is 22.6 Å². The van der Waals surface area contributed by atoms with Gasteiger partial charge in [-0.15, -0.1) is 0 Å². The lowest BCUT2D eigenvalue weighted by molar-refractivity contribution is -0.0285. The molecular weight excluding hydrogens is 342 g/mol. The Morgan fingerprint density at radius 1 is 1.19 bits per heavy atom. The highest BCUT2D eigenvalue weighted by Gasteiger charge is 2.21. The van der Waals surface area contributed by atoms with Gasteiger partial charge in [-0.25, -0.2) is 4.79 Å². The van der Waals surface area contributed by atoms with Gasteiger partial charge in [0, 0.05) is 44.5 Å². The molecule has 1 fully saturated rings. The second-order valence-corrected chi connectivity index (χ2v) is 6.64. The van der Waals surface area contributed by atoms with Crippen molar-refractivity contribution in [1.82, 2.24) is 10.2 Å². The first kappa shape index (κ1) is 19.4. The lowest BCUT2D eigenvalue weighted by atomic mass is 10.2. The normalized spacial score (nSPS) is 17.4. The van der Waals surface area contributed by atoms with Crippen molar-refractivity contribution in [2.45, 2.75) is 19.3 Å². The quantitative estimate of drug-likeness (QED) is 0.788. The fraction of sp³-hybridized carbons (Fsp3) is 0.381. The molecule has 3 rings (SSSR count). The van der Waals surface area contributed by atoms with Crippen LogP contribution in [0.2, 0.25) is 0 Å². The van der Waals surface area contributed by atoms with Crippen LogP contribution in [0.3, 0.4) is 0 Å². The number of rotatable bonds is 7. The number of anilines is 1. The van der Waals surface area contributed by atoms with Gasteiger partial charge in [0.2, 0.25) is 0 Å². The Balaban J connectivity index is 1.46. The van der Waals surface area contributed by atoms with Crippen LogP contribution in [0, 0.1) is 0 Å². The van der Waals surface area contributed by atoms with Crippen LogP contribution in [0.25, 0.3) is 0 Å². The van der Waals surface area contributed by atoms with Crippen molar-refractivity contribution in [3.8, 4) is 0 Å². The van der Waals surface area contributed by atoms with Crippen LogP contribution in [0.15, 0.2) is 54.6 Å². The zero-order chi connectivity index (χ0) is 18.9. The van der Waals surface area contributed by atoms with Gasteiger partial charge < -0.3 is 20.1 Å². The predicted molar refractivity (Wildman–Crippen MR) is 106 cm³/mol. The minimum absolute atomic E-state index is 0.0116. The third-order valence-corrected chi connectivity index (χ3v) is 4.53. The van der Waals surface area contributed by atoms with E-state index >= 15 is 0 Å². The van der Waals surface area contributed by atoms with Gasteiger partial charge in [-0.3, -0.25) is 4.90 Å². The van der Waals surface area contributed by atoms with E-state index in [1.165, 1.54) is 5.56 Å². The highest BCUT2D eigenvalue weighted by molar-refractivity contribution is 5.90. The first-order valence-corrected chi connectivity index (χ1v) is 9.24. The van der Waals surface area contributed by atoms with Crippen LogP contribution in [-0.4, -0.2) is 50.4 Å². The molecular formula is C21H27N3O3. The molecule has 2 N–H and O–H groups in total. The summed E-state index contributed by atoms with van der Waals surface area (Å²) >= 11 is 0. The minimum atomic E-state index is -0.234. The molecule has 1 heterocycles. The van der Waals surface area contributed by atoms with Crippen LogP contribution >= 0.6 is 0 Å². The number of urea groups is 1. The second kappa shape index (κ2) is 10.1. The molecule has 1 aliphatic rings. The molecule has 1 atom stereocenters. The van der Waals surface area contributed by atoms with E-state index < -0.39 is 0 Å². The Morgan fingerprint density at radius 3 is 2.78 bits per heavy atom. The summed E-state index contributed by atoms with van der Waals surface area (Å²) in [5, 5.41) is 5.80. The zero-order valence-corrected chi connectivity index (χ0v) is 15.7. The average Bonchev–Trinajstić information content (AvgIpc) is 2.69. The summed E-state index contributed by atoms with van der Waals surface area (Å²) in [5.41, 5.74) is 2.99. The molecule has 2 aromatic rings. The number of morpholine rings is 1. The highest BCUT2D eigenvalue weighted by atomic mass is 16.5. The highest BCUT2D eigenvalue weighted by Crippen LogP contribution is 2.15. The maximum Gasteiger partial charge on any atom is 0.319 e. The number of ether oxygens (including phenoxy) is 2. The third-order valence-electron chi connectivity index (χ3n) is 4.53. The van der Waals surface area contributed by atoms with Gasteiger partial charge in [-0.2, -0.15) is 0 Å². The van der Waals surface area contributed by atoms with Gasteiger partial charge in [0.05, 0.1) is 19.3 Å². The summed E-state index contributed by atoms with van der Waals surface area (Å²) < 4.78 is 11.0. The summed E-state index contributed by atoms with van der Waals surface area (Å²) in [7, 11) is 1.64. The van der Waals surface area contributed by atoms with Crippen molar-refractivity contribution in [3.63, 3.8) is 0 Å². The van der Waals surface area contributed by atoms with Crippen LogP contribution in [0.5, 0.6) is 0 Å². The predicted octanol–water partition coefficient (Wildman–Crippen LogP) is 2.86. The van der Waals surface area contributed by atoms with E-state index in [0.29, 0.717) is 19.8 Å². The van der Waals surface area contributed by atoms with Gasteiger partial charge in [0.15, 0.2) is 0 Å². The number of nitrogens with zero attached hydrogens (tertiary/aromatic N) is 1. The maximum absolute atomic E-state index is 12.3.